The molecular weight excluding hydrogens is 270 g/mol. The van der Waals surface area contributed by atoms with Crippen LogP contribution < -0.4 is 14.8 Å². The summed E-state index contributed by atoms with van der Waals surface area (Å²) in [5.41, 5.74) is 1.33. The van der Waals surface area contributed by atoms with Crippen LogP contribution in [0.4, 0.5) is 0 Å². The van der Waals surface area contributed by atoms with Gasteiger partial charge in [-0.15, -0.1) is 0 Å². The first-order valence-electron chi connectivity index (χ1n) is 7.63. The number of thioether (sulfide) groups is 1. The molecule has 0 spiro atoms. The molecule has 1 fully saturated rings. The van der Waals surface area contributed by atoms with Gasteiger partial charge in [0.15, 0.2) is 11.5 Å². The van der Waals surface area contributed by atoms with Gasteiger partial charge in [-0.3, -0.25) is 0 Å². The summed E-state index contributed by atoms with van der Waals surface area (Å²) >= 11 is 2.09. The SMILES string of the molecule is CCNC(c1ccc2c(c1)OCCCO2)C1CCCS1. The average Bonchev–Trinajstić information content (AvgIpc) is 2.89. The summed E-state index contributed by atoms with van der Waals surface area (Å²) in [6.45, 7) is 4.67. The third kappa shape index (κ3) is 3.07. The molecule has 3 rings (SSSR count). The highest BCUT2D eigenvalue weighted by atomic mass is 32.2. The van der Waals surface area contributed by atoms with Gasteiger partial charge in [0.2, 0.25) is 0 Å². The van der Waals surface area contributed by atoms with E-state index < -0.39 is 0 Å². The van der Waals surface area contributed by atoms with Crippen LogP contribution in [0.2, 0.25) is 0 Å². The number of rotatable bonds is 4. The number of benzene rings is 1. The van der Waals surface area contributed by atoms with Crippen molar-refractivity contribution in [3.8, 4) is 11.5 Å². The second-order valence-corrected chi connectivity index (χ2v) is 6.69. The summed E-state index contributed by atoms with van der Waals surface area (Å²) < 4.78 is 11.5. The van der Waals surface area contributed by atoms with E-state index in [2.05, 4.69) is 42.2 Å². The number of fused-ring (bicyclic) bond motifs is 1. The van der Waals surface area contributed by atoms with E-state index in [1.807, 2.05) is 0 Å². The summed E-state index contributed by atoms with van der Waals surface area (Å²) in [5.74, 6) is 3.09. The van der Waals surface area contributed by atoms with Gasteiger partial charge in [0.1, 0.15) is 0 Å². The fourth-order valence-corrected chi connectivity index (χ4v) is 4.34. The molecule has 110 valence electrons. The van der Waals surface area contributed by atoms with E-state index in [4.69, 9.17) is 9.47 Å². The molecule has 1 saturated heterocycles. The van der Waals surface area contributed by atoms with Crippen LogP contribution in [-0.2, 0) is 0 Å². The van der Waals surface area contributed by atoms with Gasteiger partial charge in [0.05, 0.1) is 13.2 Å². The maximum Gasteiger partial charge on any atom is 0.161 e. The van der Waals surface area contributed by atoms with Crippen LogP contribution in [0.3, 0.4) is 0 Å². The van der Waals surface area contributed by atoms with E-state index in [-0.39, 0.29) is 0 Å². The molecule has 1 N–H and O–H groups in total. The minimum absolute atomic E-state index is 0.421. The lowest BCUT2D eigenvalue weighted by molar-refractivity contribution is 0.297. The molecule has 0 aliphatic carbocycles. The average molecular weight is 293 g/mol. The van der Waals surface area contributed by atoms with E-state index in [1.165, 1.54) is 24.2 Å². The molecule has 2 heterocycles. The summed E-state index contributed by atoms with van der Waals surface area (Å²) in [7, 11) is 0. The minimum atomic E-state index is 0.421. The molecule has 0 bridgehead atoms. The van der Waals surface area contributed by atoms with Crippen molar-refractivity contribution in [1.82, 2.24) is 5.32 Å². The normalized spacial score (nSPS) is 23.4. The third-order valence-electron chi connectivity index (χ3n) is 3.89. The monoisotopic (exact) mass is 293 g/mol. The lowest BCUT2D eigenvalue weighted by atomic mass is 10.00. The molecule has 2 atom stereocenters. The molecule has 2 aliphatic heterocycles. The van der Waals surface area contributed by atoms with Crippen molar-refractivity contribution in [1.29, 1.82) is 0 Å². The van der Waals surface area contributed by atoms with E-state index in [9.17, 15) is 0 Å². The third-order valence-corrected chi connectivity index (χ3v) is 5.35. The Morgan fingerprint density at radius 3 is 2.85 bits per heavy atom. The standard InChI is InChI=1S/C16H23NO2S/c1-2-17-16(15-5-3-10-20-15)12-6-7-13-14(11-12)19-9-4-8-18-13/h6-7,11,15-17H,2-5,8-10H2,1H3. The zero-order valence-electron chi connectivity index (χ0n) is 12.1. The number of hydrogen-bond donors (Lipinski definition) is 1. The van der Waals surface area contributed by atoms with Gasteiger partial charge in [-0.2, -0.15) is 11.8 Å². The maximum absolute atomic E-state index is 5.82. The lowest BCUT2D eigenvalue weighted by Crippen LogP contribution is -2.28. The maximum atomic E-state index is 5.82. The molecule has 1 aromatic carbocycles. The molecule has 0 saturated carbocycles. The Balaban J connectivity index is 1.84. The van der Waals surface area contributed by atoms with Gasteiger partial charge in [-0.1, -0.05) is 13.0 Å². The largest absolute Gasteiger partial charge is 0.490 e. The Kier molecular flexibility index (Phi) is 4.73. The van der Waals surface area contributed by atoms with Crippen LogP contribution in [-0.4, -0.2) is 30.8 Å². The molecule has 0 amide bonds. The van der Waals surface area contributed by atoms with Crippen molar-refractivity contribution in [2.75, 3.05) is 25.5 Å². The van der Waals surface area contributed by atoms with Crippen molar-refractivity contribution in [3.63, 3.8) is 0 Å². The van der Waals surface area contributed by atoms with E-state index in [0.29, 0.717) is 11.3 Å². The molecule has 2 aliphatic rings. The Morgan fingerprint density at radius 2 is 2.10 bits per heavy atom. The van der Waals surface area contributed by atoms with Crippen molar-refractivity contribution in [2.24, 2.45) is 0 Å². The summed E-state index contributed by atoms with van der Waals surface area (Å²) in [6, 6.07) is 6.86. The molecule has 2 unspecified atom stereocenters. The van der Waals surface area contributed by atoms with E-state index in [1.54, 1.807) is 0 Å². The second-order valence-electron chi connectivity index (χ2n) is 5.34. The quantitative estimate of drug-likeness (QED) is 0.922. The second kappa shape index (κ2) is 6.72. The van der Waals surface area contributed by atoms with Crippen molar-refractivity contribution >= 4 is 11.8 Å². The molecule has 4 heteroatoms. The van der Waals surface area contributed by atoms with Crippen LogP contribution in [0.1, 0.15) is 37.8 Å². The fourth-order valence-electron chi connectivity index (χ4n) is 2.92. The Labute approximate surface area is 125 Å². The predicted octanol–water partition coefficient (Wildman–Crippen LogP) is 3.39. The van der Waals surface area contributed by atoms with Gasteiger partial charge in [-0.25, -0.2) is 0 Å². The number of nitrogens with one attached hydrogen (secondary N) is 1. The van der Waals surface area contributed by atoms with Crippen molar-refractivity contribution in [3.05, 3.63) is 23.8 Å². The topological polar surface area (TPSA) is 30.5 Å². The lowest BCUT2D eigenvalue weighted by Gasteiger charge is -2.25. The molecule has 20 heavy (non-hydrogen) atoms. The predicted molar refractivity (Wildman–Crippen MR) is 83.9 cm³/mol. The summed E-state index contributed by atoms with van der Waals surface area (Å²) in [5, 5.41) is 4.33. The zero-order chi connectivity index (χ0) is 13.8. The van der Waals surface area contributed by atoms with Crippen LogP contribution in [0.15, 0.2) is 18.2 Å². The van der Waals surface area contributed by atoms with Gasteiger partial charge >= 0.3 is 0 Å². The zero-order valence-corrected chi connectivity index (χ0v) is 12.9. The van der Waals surface area contributed by atoms with E-state index >= 15 is 0 Å². The highest BCUT2D eigenvalue weighted by molar-refractivity contribution is 8.00. The number of hydrogen-bond acceptors (Lipinski definition) is 4. The van der Waals surface area contributed by atoms with Crippen molar-refractivity contribution in [2.45, 2.75) is 37.5 Å². The summed E-state index contributed by atoms with van der Waals surface area (Å²) in [6.07, 6.45) is 3.59. The smallest absolute Gasteiger partial charge is 0.161 e. The molecule has 0 aromatic heterocycles. The first kappa shape index (κ1) is 14.1. The molecule has 3 nitrogen and oxygen atoms in total. The highest BCUT2D eigenvalue weighted by Gasteiger charge is 2.27. The van der Waals surface area contributed by atoms with Gasteiger partial charge in [0, 0.05) is 17.7 Å². The molecule has 1 aromatic rings. The minimum Gasteiger partial charge on any atom is -0.490 e. The number of ether oxygens (including phenoxy) is 2. The molecular formula is C16H23NO2S. The first-order chi connectivity index (χ1) is 9.88. The highest BCUT2D eigenvalue weighted by Crippen LogP contribution is 2.39. The van der Waals surface area contributed by atoms with E-state index in [0.717, 1.165) is 37.7 Å². The Morgan fingerprint density at radius 1 is 1.25 bits per heavy atom. The van der Waals surface area contributed by atoms with Crippen LogP contribution >= 0.6 is 11.8 Å². The fraction of sp³-hybridized carbons (Fsp3) is 0.625. The van der Waals surface area contributed by atoms with Gasteiger partial charge in [-0.05, 0) is 42.8 Å². The van der Waals surface area contributed by atoms with Gasteiger partial charge < -0.3 is 14.8 Å². The Bertz CT molecular complexity index is 446. The van der Waals surface area contributed by atoms with Crippen LogP contribution in [0.5, 0.6) is 11.5 Å². The first-order valence-corrected chi connectivity index (χ1v) is 8.68. The molecule has 0 radical (unpaired) electrons. The Hall–Kier alpha value is -0.870. The van der Waals surface area contributed by atoms with Crippen molar-refractivity contribution < 1.29 is 9.47 Å². The summed E-state index contributed by atoms with van der Waals surface area (Å²) in [4.78, 5) is 0. The van der Waals surface area contributed by atoms with Crippen LogP contribution in [0.25, 0.3) is 0 Å². The van der Waals surface area contributed by atoms with Gasteiger partial charge in [0.25, 0.3) is 0 Å². The van der Waals surface area contributed by atoms with Crippen LogP contribution in [0, 0.1) is 0 Å².